The van der Waals surface area contributed by atoms with Gasteiger partial charge in [0.05, 0.1) is 17.8 Å². The van der Waals surface area contributed by atoms with Crippen molar-refractivity contribution in [1.29, 1.82) is 0 Å². The lowest BCUT2D eigenvalue weighted by Crippen LogP contribution is -2.50. The number of carbonyl (C=O) groups excluding carboxylic acids is 2. The first-order valence-electron chi connectivity index (χ1n) is 7.61. The Balaban J connectivity index is 2.60. The number of ether oxygens (including phenoxy) is 1. The summed E-state index contributed by atoms with van der Waals surface area (Å²) in [5, 5.41) is 2.53. The molecule has 1 heterocycles. The van der Waals surface area contributed by atoms with Gasteiger partial charge in [0, 0.05) is 11.3 Å². The molecule has 1 unspecified atom stereocenters. The number of benzene rings is 1. The molecule has 0 bridgehead atoms. The monoisotopic (exact) mass is 398 g/mol. The summed E-state index contributed by atoms with van der Waals surface area (Å²) in [6.07, 6.45) is 0. The molecule has 26 heavy (non-hydrogen) atoms. The van der Waals surface area contributed by atoms with Crippen LogP contribution < -0.4 is 5.32 Å². The van der Waals surface area contributed by atoms with E-state index in [1.54, 1.807) is 19.1 Å². The third kappa shape index (κ3) is 4.14. The number of halogens is 3. The van der Waals surface area contributed by atoms with Gasteiger partial charge in [-0.15, -0.1) is 11.6 Å². The second-order valence-corrected chi connectivity index (χ2v) is 6.48. The van der Waals surface area contributed by atoms with Crippen LogP contribution in [0.25, 0.3) is 11.3 Å². The minimum atomic E-state index is -1.47. The number of aryl methyl sites for hydroxylation is 1. The fourth-order valence-electron chi connectivity index (χ4n) is 2.52. The second-order valence-electron chi connectivity index (χ2n) is 5.81. The molecule has 0 aliphatic heterocycles. The van der Waals surface area contributed by atoms with Crippen molar-refractivity contribution in [3.05, 3.63) is 52.4 Å². The zero-order chi connectivity index (χ0) is 19.5. The van der Waals surface area contributed by atoms with E-state index in [0.717, 1.165) is 0 Å². The zero-order valence-electron chi connectivity index (χ0n) is 14.4. The van der Waals surface area contributed by atoms with Crippen molar-refractivity contribution >= 4 is 35.1 Å². The molecule has 138 valence electrons. The number of amides is 1. The Kier molecular flexibility index (Phi) is 6.21. The van der Waals surface area contributed by atoms with Crippen molar-refractivity contribution in [2.45, 2.75) is 19.4 Å². The Morgan fingerprint density at radius 3 is 2.58 bits per heavy atom. The summed E-state index contributed by atoms with van der Waals surface area (Å²) in [5.41, 5.74) is 0.612. The summed E-state index contributed by atoms with van der Waals surface area (Å²) >= 11 is 11.4. The van der Waals surface area contributed by atoms with Gasteiger partial charge in [-0.25, -0.2) is 9.18 Å². The molecular formula is C18H17Cl2FN2O3. The number of nitrogens with one attached hydrogen (secondary N) is 1. The van der Waals surface area contributed by atoms with Crippen molar-refractivity contribution in [2.75, 3.05) is 13.0 Å². The van der Waals surface area contributed by atoms with Crippen molar-refractivity contribution < 1.29 is 18.7 Å². The average Bonchev–Trinajstić information content (AvgIpc) is 2.62. The Morgan fingerprint density at radius 1 is 1.31 bits per heavy atom. The summed E-state index contributed by atoms with van der Waals surface area (Å²) in [7, 11) is 1.22. The van der Waals surface area contributed by atoms with Crippen LogP contribution >= 0.6 is 23.2 Å². The first kappa shape index (κ1) is 20.1. The van der Waals surface area contributed by atoms with Gasteiger partial charge >= 0.3 is 5.97 Å². The standard InChI is InChI=1S/C18H17Cl2FN2O3/c1-10-6-12(18(2,17(25)26-3)23-16(24)9-19)8-15(22-10)11-4-5-14(21)13(20)7-11/h4-8H,9H2,1-3H3,(H,23,24). The topological polar surface area (TPSA) is 68.3 Å². The van der Waals surface area contributed by atoms with Crippen LogP contribution in [-0.4, -0.2) is 29.9 Å². The first-order valence-corrected chi connectivity index (χ1v) is 8.52. The highest BCUT2D eigenvalue weighted by Crippen LogP contribution is 2.29. The van der Waals surface area contributed by atoms with Gasteiger partial charge < -0.3 is 10.1 Å². The Labute approximate surface area is 160 Å². The number of pyridine rings is 1. The molecule has 8 heteroatoms. The van der Waals surface area contributed by atoms with E-state index in [-0.39, 0.29) is 10.9 Å². The number of carbonyl (C=O) groups is 2. The maximum atomic E-state index is 13.4. The fourth-order valence-corrected chi connectivity index (χ4v) is 2.77. The number of rotatable bonds is 5. The van der Waals surface area contributed by atoms with Gasteiger partial charge in [-0.1, -0.05) is 11.6 Å². The highest BCUT2D eigenvalue weighted by molar-refractivity contribution is 6.31. The van der Waals surface area contributed by atoms with Crippen LogP contribution in [0.5, 0.6) is 0 Å². The Hall–Kier alpha value is -2.18. The smallest absolute Gasteiger partial charge is 0.336 e. The first-order chi connectivity index (χ1) is 12.2. The van der Waals surface area contributed by atoms with E-state index in [0.29, 0.717) is 22.5 Å². The molecule has 0 aliphatic rings. The van der Waals surface area contributed by atoms with Crippen LogP contribution in [-0.2, 0) is 19.9 Å². The summed E-state index contributed by atoms with van der Waals surface area (Å²) in [5.74, 6) is -2.04. The number of methoxy groups -OCH3 is 1. The Morgan fingerprint density at radius 2 is 2.00 bits per heavy atom. The number of alkyl halides is 1. The molecule has 0 radical (unpaired) electrons. The minimum Gasteiger partial charge on any atom is -0.467 e. The second kappa shape index (κ2) is 8.01. The highest BCUT2D eigenvalue weighted by atomic mass is 35.5. The molecule has 0 saturated carbocycles. The van der Waals surface area contributed by atoms with Gasteiger partial charge in [0.2, 0.25) is 5.91 Å². The van der Waals surface area contributed by atoms with Gasteiger partial charge in [0.15, 0.2) is 5.54 Å². The molecule has 1 aromatic heterocycles. The largest absolute Gasteiger partial charge is 0.467 e. The molecule has 5 nitrogen and oxygen atoms in total. The average molecular weight is 399 g/mol. The zero-order valence-corrected chi connectivity index (χ0v) is 15.9. The van der Waals surface area contributed by atoms with E-state index < -0.39 is 23.2 Å². The van der Waals surface area contributed by atoms with Gasteiger partial charge in [-0.3, -0.25) is 9.78 Å². The molecule has 0 aliphatic carbocycles. The SMILES string of the molecule is COC(=O)C(C)(NC(=O)CCl)c1cc(C)nc(-c2ccc(F)c(Cl)c2)c1. The number of hydrogen-bond acceptors (Lipinski definition) is 4. The van der Waals surface area contributed by atoms with Crippen molar-refractivity contribution in [2.24, 2.45) is 0 Å². The van der Waals surface area contributed by atoms with Crippen molar-refractivity contribution in [1.82, 2.24) is 10.3 Å². The lowest BCUT2D eigenvalue weighted by atomic mass is 9.90. The summed E-state index contributed by atoms with van der Waals surface area (Å²) in [6.45, 7) is 3.25. The normalized spacial score (nSPS) is 13.0. The number of esters is 1. The predicted octanol–water partition coefficient (Wildman–Crippen LogP) is 3.59. The Bertz CT molecular complexity index is 860. The van der Waals surface area contributed by atoms with Crippen LogP contribution in [0.1, 0.15) is 18.2 Å². The van der Waals surface area contributed by atoms with Gasteiger partial charge in [-0.2, -0.15) is 0 Å². The number of aromatic nitrogens is 1. The fraction of sp³-hybridized carbons (Fsp3) is 0.278. The van der Waals surface area contributed by atoms with E-state index in [9.17, 15) is 14.0 Å². The van der Waals surface area contributed by atoms with Crippen LogP contribution in [0.15, 0.2) is 30.3 Å². The molecule has 2 aromatic rings. The minimum absolute atomic E-state index is 0.0430. The van der Waals surface area contributed by atoms with Crippen LogP contribution in [0.4, 0.5) is 4.39 Å². The maximum Gasteiger partial charge on any atom is 0.336 e. The molecule has 0 fully saturated rings. The molecule has 0 saturated heterocycles. The van der Waals surface area contributed by atoms with Gasteiger partial charge in [0.1, 0.15) is 11.7 Å². The van der Waals surface area contributed by atoms with Crippen LogP contribution in [0, 0.1) is 12.7 Å². The van der Waals surface area contributed by atoms with E-state index >= 15 is 0 Å². The molecular weight excluding hydrogens is 382 g/mol. The van der Waals surface area contributed by atoms with Gasteiger partial charge in [0.25, 0.3) is 0 Å². The molecule has 2 rings (SSSR count). The third-order valence-electron chi connectivity index (χ3n) is 3.85. The summed E-state index contributed by atoms with van der Waals surface area (Å²) in [4.78, 5) is 28.6. The van der Waals surface area contributed by atoms with Crippen LogP contribution in [0.3, 0.4) is 0 Å². The highest BCUT2D eigenvalue weighted by Gasteiger charge is 2.38. The van der Waals surface area contributed by atoms with E-state index in [4.69, 9.17) is 27.9 Å². The lowest BCUT2D eigenvalue weighted by Gasteiger charge is -2.28. The lowest BCUT2D eigenvalue weighted by molar-refractivity contribution is -0.150. The quantitative estimate of drug-likeness (QED) is 0.617. The molecule has 0 spiro atoms. The van der Waals surface area contributed by atoms with Crippen LogP contribution in [0.2, 0.25) is 5.02 Å². The molecule has 1 amide bonds. The molecule has 1 N–H and O–H groups in total. The maximum absolute atomic E-state index is 13.4. The number of nitrogens with zero attached hydrogens (tertiary/aromatic N) is 1. The molecule has 1 aromatic carbocycles. The third-order valence-corrected chi connectivity index (χ3v) is 4.38. The van der Waals surface area contributed by atoms with E-state index in [1.807, 2.05) is 0 Å². The van der Waals surface area contributed by atoms with E-state index in [2.05, 4.69) is 10.3 Å². The van der Waals surface area contributed by atoms with Gasteiger partial charge in [-0.05, 0) is 49.7 Å². The predicted molar refractivity (Wildman–Crippen MR) is 97.6 cm³/mol. The summed E-state index contributed by atoms with van der Waals surface area (Å²) < 4.78 is 18.3. The van der Waals surface area contributed by atoms with Crippen molar-refractivity contribution in [3.63, 3.8) is 0 Å². The summed E-state index contributed by atoms with van der Waals surface area (Å²) in [6, 6.07) is 7.47. The number of hydrogen-bond donors (Lipinski definition) is 1. The van der Waals surface area contributed by atoms with Crippen molar-refractivity contribution in [3.8, 4) is 11.3 Å². The molecule has 1 atom stereocenters. The van der Waals surface area contributed by atoms with E-state index in [1.165, 1.54) is 32.2 Å².